The molecule has 2 fully saturated rings. The molecule has 2 aliphatic heterocycles. The van der Waals surface area contributed by atoms with Gasteiger partial charge in [0.05, 0.1) is 7.11 Å². The van der Waals surface area contributed by atoms with Crippen LogP contribution in [0.3, 0.4) is 0 Å². The molecule has 0 radical (unpaired) electrons. The van der Waals surface area contributed by atoms with Crippen molar-refractivity contribution >= 4 is 41.4 Å². The standard InChI is InChI=1S/C29H32N4O7S/c1-16(15-19(34)40-4)30-20(17-11-7-5-8-12-17)24(35)31-21(18-13-9-6-10-14-18)25(36)32-22-26(37)33-23(28(38)39)29(2,3)41-27(22)33/h5-15,20-23,27,30H,1-4H3,(H,31,35)(H,32,36)(H,38,39)/b16-15+/t20-,21-,22-,23+,27-/m1/s1. The van der Waals surface area contributed by atoms with Gasteiger partial charge in [-0.15, -0.1) is 11.8 Å². The van der Waals surface area contributed by atoms with Gasteiger partial charge >= 0.3 is 11.9 Å². The summed E-state index contributed by atoms with van der Waals surface area (Å²) in [7, 11) is 1.25. The normalized spacial score (nSPS) is 22.4. The third-order valence-corrected chi connectivity index (χ3v) is 8.53. The van der Waals surface area contributed by atoms with E-state index in [1.54, 1.807) is 81.4 Å². The second-order valence-corrected chi connectivity index (χ2v) is 12.0. The van der Waals surface area contributed by atoms with Crippen LogP contribution in [0.15, 0.2) is 72.4 Å². The fraction of sp³-hybridized carbons (Fsp3) is 0.345. The monoisotopic (exact) mass is 580 g/mol. The lowest BCUT2D eigenvalue weighted by Gasteiger charge is -2.44. The number of allylic oxidation sites excluding steroid dienone is 1. The minimum absolute atomic E-state index is 0.371. The van der Waals surface area contributed by atoms with Gasteiger partial charge in [0.2, 0.25) is 17.7 Å². The van der Waals surface area contributed by atoms with Gasteiger partial charge in [0, 0.05) is 16.5 Å². The van der Waals surface area contributed by atoms with E-state index in [2.05, 4.69) is 20.7 Å². The predicted octanol–water partition coefficient (Wildman–Crippen LogP) is 1.88. The number of β-lactam (4-membered cyclic amide) rings is 1. The number of carbonyl (C=O) groups is 5. The van der Waals surface area contributed by atoms with Crippen LogP contribution in [0.25, 0.3) is 0 Å². The average Bonchev–Trinajstić information content (AvgIpc) is 3.21. The number of hydrogen-bond acceptors (Lipinski definition) is 8. The molecule has 0 saturated carbocycles. The van der Waals surface area contributed by atoms with Gasteiger partial charge in [-0.3, -0.25) is 14.4 Å². The fourth-order valence-electron chi connectivity index (χ4n) is 5.00. The third kappa shape index (κ3) is 6.22. The smallest absolute Gasteiger partial charge is 0.332 e. The van der Waals surface area contributed by atoms with Gasteiger partial charge in [-0.05, 0) is 31.9 Å². The third-order valence-electron chi connectivity index (χ3n) is 6.96. The summed E-state index contributed by atoms with van der Waals surface area (Å²) < 4.78 is 3.93. The predicted molar refractivity (Wildman–Crippen MR) is 151 cm³/mol. The van der Waals surface area contributed by atoms with Crippen LogP contribution in [0, 0.1) is 0 Å². The average molecular weight is 581 g/mol. The van der Waals surface area contributed by atoms with Crippen LogP contribution in [0.2, 0.25) is 0 Å². The Hall–Kier alpha value is -4.32. The Morgan fingerprint density at radius 2 is 1.49 bits per heavy atom. The molecule has 0 aromatic heterocycles. The zero-order valence-corrected chi connectivity index (χ0v) is 23.8. The Balaban J connectivity index is 1.57. The molecule has 11 nitrogen and oxygen atoms in total. The summed E-state index contributed by atoms with van der Waals surface area (Å²) in [5.74, 6) is -3.36. The number of aliphatic carboxylic acids is 1. The van der Waals surface area contributed by atoms with Gasteiger partial charge in [0.25, 0.3) is 0 Å². The number of carboxylic acid groups (broad SMARTS) is 1. The van der Waals surface area contributed by atoms with Crippen LogP contribution in [0.5, 0.6) is 0 Å². The number of rotatable bonds is 10. The molecule has 2 aromatic carbocycles. The number of hydrogen-bond donors (Lipinski definition) is 4. The molecule has 2 heterocycles. The molecule has 2 aromatic rings. The highest BCUT2D eigenvalue weighted by Gasteiger charge is 2.64. The maximum atomic E-state index is 13.7. The highest BCUT2D eigenvalue weighted by atomic mass is 32.2. The van der Waals surface area contributed by atoms with Gasteiger partial charge in [0.1, 0.15) is 29.5 Å². The molecule has 41 heavy (non-hydrogen) atoms. The van der Waals surface area contributed by atoms with E-state index in [9.17, 15) is 29.1 Å². The molecule has 4 rings (SSSR count). The largest absolute Gasteiger partial charge is 0.480 e. The van der Waals surface area contributed by atoms with E-state index in [1.807, 2.05) is 0 Å². The van der Waals surface area contributed by atoms with Crippen LogP contribution < -0.4 is 16.0 Å². The Morgan fingerprint density at radius 3 is 2.00 bits per heavy atom. The molecule has 12 heteroatoms. The van der Waals surface area contributed by atoms with Crippen LogP contribution in [-0.4, -0.2) is 69.0 Å². The number of ether oxygens (including phenoxy) is 1. The van der Waals surface area contributed by atoms with Crippen molar-refractivity contribution < 1.29 is 33.8 Å². The van der Waals surface area contributed by atoms with E-state index in [1.165, 1.54) is 29.8 Å². The Morgan fingerprint density at radius 1 is 0.951 bits per heavy atom. The second-order valence-electron chi connectivity index (χ2n) is 10.3. The first kappa shape index (κ1) is 29.7. The van der Waals surface area contributed by atoms with E-state index in [0.29, 0.717) is 16.8 Å². The number of esters is 1. The molecule has 5 atom stereocenters. The number of carbonyl (C=O) groups excluding carboxylic acids is 4. The summed E-state index contributed by atoms with van der Waals surface area (Å²) in [4.78, 5) is 65.2. The van der Waals surface area contributed by atoms with E-state index in [-0.39, 0.29) is 0 Å². The number of benzene rings is 2. The highest BCUT2D eigenvalue weighted by molar-refractivity contribution is 8.01. The zero-order valence-electron chi connectivity index (χ0n) is 23.0. The van der Waals surface area contributed by atoms with Crippen LogP contribution in [0.1, 0.15) is 44.0 Å². The van der Waals surface area contributed by atoms with Crippen LogP contribution in [0.4, 0.5) is 0 Å². The number of nitrogens with zero attached hydrogens (tertiary/aromatic N) is 1. The minimum atomic E-state index is -1.17. The number of methoxy groups -OCH3 is 1. The van der Waals surface area contributed by atoms with Gasteiger partial charge in [-0.1, -0.05) is 60.7 Å². The number of amides is 3. The first-order valence-electron chi connectivity index (χ1n) is 12.9. The Labute approximate surface area is 241 Å². The molecule has 2 saturated heterocycles. The lowest BCUT2D eigenvalue weighted by molar-refractivity contribution is -0.161. The van der Waals surface area contributed by atoms with Gasteiger partial charge in [-0.2, -0.15) is 0 Å². The maximum absolute atomic E-state index is 13.7. The van der Waals surface area contributed by atoms with Crippen molar-refractivity contribution in [2.24, 2.45) is 0 Å². The summed E-state index contributed by atoms with van der Waals surface area (Å²) in [5, 5.41) is 17.7. The van der Waals surface area contributed by atoms with E-state index in [4.69, 9.17) is 0 Å². The lowest BCUT2D eigenvalue weighted by atomic mass is 9.95. The van der Waals surface area contributed by atoms with Crippen molar-refractivity contribution in [2.45, 2.75) is 55.1 Å². The summed E-state index contributed by atoms with van der Waals surface area (Å²) in [6, 6.07) is 13.3. The maximum Gasteiger partial charge on any atom is 0.332 e. The van der Waals surface area contributed by atoms with Crippen molar-refractivity contribution in [2.75, 3.05) is 7.11 Å². The second kappa shape index (κ2) is 12.0. The molecule has 0 bridgehead atoms. The molecule has 0 aliphatic carbocycles. The summed E-state index contributed by atoms with van der Waals surface area (Å²) in [6.45, 7) is 5.11. The van der Waals surface area contributed by atoms with Gasteiger partial charge in [0.15, 0.2) is 0 Å². The summed E-state index contributed by atoms with van der Waals surface area (Å²) in [5.41, 5.74) is 1.44. The Bertz CT molecular complexity index is 1370. The van der Waals surface area contributed by atoms with Crippen molar-refractivity contribution in [1.29, 1.82) is 0 Å². The van der Waals surface area contributed by atoms with Crippen molar-refractivity contribution in [1.82, 2.24) is 20.9 Å². The molecular formula is C29H32N4O7S. The van der Waals surface area contributed by atoms with Crippen molar-refractivity contribution in [3.63, 3.8) is 0 Å². The Kier molecular flexibility index (Phi) is 8.72. The molecule has 2 aliphatic rings. The molecular weight excluding hydrogens is 548 g/mol. The number of fused-ring (bicyclic) bond motifs is 1. The molecule has 216 valence electrons. The SMILES string of the molecule is COC(=O)/C=C(\C)N[C@@H](C(=O)N[C@@H](C(=O)N[C@@H]1C(=O)N2[C@@H]1SC(C)(C)[C@@H]2C(=O)O)c1ccccc1)c1ccccc1. The van der Waals surface area contributed by atoms with Crippen LogP contribution in [-0.2, 0) is 28.7 Å². The quantitative estimate of drug-likeness (QED) is 0.187. The summed E-state index contributed by atoms with van der Waals surface area (Å²) >= 11 is 1.31. The number of nitrogens with one attached hydrogen (secondary N) is 3. The highest BCUT2D eigenvalue weighted by Crippen LogP contribution is 2.50. The first-order chi connectivity index (χ1) is 19.4. The lowest BCUT2D eigenvalue weighted by Crippen LogP contribution is -2.71. The molecule has 3 amide bonds. The van der Waals surface area contributed by atoms with Crippen molar-refractivity contribution in [3.05, 3.63) is 83.6 Å². The van der Waals surface area contributed by atoms with Crippen LogP contribution >= 0.6 is 11.8 Å². The van der Waals surface area contributed by atoms with E-state index >= 15 is 0 Å². The number of thioether (sulfide) groups is 1. The molecule has 4 N–H and O–H groups in total. The number of carboxylic acids is 1. The van der Waals surface area contributed by atoms with Crippen molar-refractivity contribution in [3.8, 4) is 0 Å². The minimum Gasteiger partial charge on any atom is -0.480 e. The molecule has 0 spiro atoms. The van der Waals surface area contributed by atoms with E-state index < -0.39 is 63.9 Å². The zero-order chi connectivity index (χ0) is 29.9. The fourth-order valence-corrected chi connectivity index (χ4v) is 6.63. The van der Waals surface area contributed by atoms with Gasteiger partial charge in [-0.25, -0.2) is 9.59 Å². The van der Waals surface area contributed by atoms with Gasteiger partial charge < -0.3 is 30.7 Å². The molecule has 0 unspecified atom stereocenters. The first-order valence-corrected chi connectivity index (χ1v) is 13.8. The van der Waals surface area contributed by atoms with E-state index in [0.717, 1.165) is 0 Å². The summed E-state index contributed by atoms with van der Waals surface area (Å²) in [6.07, 6.45) is 1.21. The topological polar surface area (TPSA) is 154 Å².